The summed E-state index contributed by atoms with van der Waals surface area (Å²) < 4.78 is 1.88. The minimum absolute atomic E-state index is 0.432. The van der Waals surface area contributed by atoms with Crippen molar-refractivity contribution in [2.24, 2.45) is 13.0 Å². The number of aryl methyl sites for hydroxylation is 1. The number of aromatic nitrogens is 1. The van der Waals surface area contributed by atoms with Crippen LogP contribution in [0.4, 0.5) is 0 Å². The van der Waals surface area contributed by atoms with E-state index in [-0.39, 0.29) is 0 Å². The Labute approximate surface area is 119 Å². The standard InChI is InChI=1S/C17H19N3/c1-20-12-13(9-16(20)10-18)11-19-17(15-7-8-15)14-5-3-2-4-6-14/h2-6,9,12,15,17,19H,7-8,11H2,1H3. The van der Waals surface area contributed by atoms with Crippen LogP contribution in [-0.4, -0.2) is 4.57 Å². The fourth-order valence-electron chi connectivity index (χ4n) is 2.72. The lowest BCUT2D eigenvalue weighted by Gasteiger charge is -2.18. The Morgan fingerprint density at radius 1 is 1.35 bits per heavy atom. The Kier molecular flexibility index (Phi) is 3.58. The highest BCUT2D eigenvalue weighted by Gasteiger charge is 2.31. The van der Waals surface area contributed by atoms with E-state index in [1.165, 1.54) is 24.0 Å². The van der Waals surface area contributed by atoms with Gasteiger partial charge in [0.25, 0.3) is 0 Å². The first kappa shape index (κ1) is 13.0. The lowest BCUT2D eigenvalue weighted by molar-refractivity contribution is 0.480. The van der Waals surface area contributed by atoms with Gasteiger partial charge >= 0.3 is 0 Å². The molecular weight excluding hydrogens is 246 g/mol. The van der Waals surface area contributed by atoms with Crippen LogP contribution in [0.25, 0.3) is 0 Å². The van der Waals surface area contributed by atoms with Gasteiger partial charge < -0.3 is 9.88 Å². The molecule has 3 nitrogen and oxygen atoms in total. The molecule has 1 aromatic carbocycles. The van der Waals surface area contributed by atoms with Gasteiger partial charge in [-0.1, -0.05) is 30.3 Å². The lowest BCUT2D eigenvalue weighted by Crippen LogP contribution is -2.22. The first-order chi connectivity index (χ1) is 9.78. The molecule has 1 aromatic heterocycles. The van der Waals surface area contributed by atoms with Crippen molar-refractivity contribution in [3.05, 3.63) is 59.4 Å². The molecular formula is C17H19N3. The Hall–Kier alpha value is -2.05. The normalized spacial score (nSPS) is 15.8. The fraction of sp³-hybridized carbons (Fsp3) is 0.353. The average molecular weight is 265 g/mol. The summed E-state index contributed by atoms with van der Waals surface area (Å²) in [5.74, 6) is 0.761. The minimum atomic E-state index is 0.432. The predicted octanol–water partition coefficient (Wildman–Crippen LogP) is 3.14. The van der Waals surface area contributed by atoms with Crippen LogP contribution in [0.5, 0.6) is 0 Å². The predicted molar refractivity (Wildman–Crippen MR) is 78.9 cm³/mol. The van der Waals surface area contributed by atoms with E-state index in [4.69, 9.17) is 5.26 Å². The maximum Gasteiger partial charge on any atom is 0.120 e. The van der Waals surface area contributed by atoms with Crippen molar-refractivity contribution in [3.8, 4) is 6.07 Å². The van der Waals surface area contributed by atoms with E-state index in [1.807, 2.05) is 23.9 Å². The third-order valence-electron chi connectivity index (χ3n) is 3.95. The van der Waals surface area contributed by atoms with E-state index < -0.39 is 0 Å². The highest BCUT2D eigenvalue weighted by Crippen LogP contribution is 2.41. The molecule has 20 heavy (non-hydrogen) atoms. The maximum absolute atomic E-state index is 8.99. The Balaban J connectivity index is 1.70. The van der Waals surface area contributed by atoms with Gasteiger partial charge in [0.1, 0.15) is 11.8 Å². The molecule has 1 aliphatic carbocycles. The molecule has 1 fully saturated rings. The van der Waals surface area contributed by atoms with Crippen molar-refractivity contribution in [1.82, 2.24) is 9.88 Å². The van der Waals surface area contributed by atoms with Crippen LogP contribution in [-0.2, 0) is 13.6 Å². The minimum Gasteiger partial charge on any atom is -0.342 e. The Morgan fingerprint density at radius 3 is 2.70 bits per heavy atom. The first-order valence-corrected chi connectivity index (χ1v) is 7.11. The molecule has 3 rings (SSSR count). The van der Waals surface area contributed by atoms with Crippen molar-refractivity contribution in [2.75, 3.05) is 0 Å². The molecule has 2 aromatic rings. The van der Waals surface area contributed by atoms with Crippen molar-refractivity contribution < 1.29 is 0 Å². The maximum atomic E-state index is 8.99. The van der Waals surface area contributed by atoms with Crippen LogP contribution in [0.2, 0.25) is 0 Å². The van der Waals surface area contributed by atoms with Crippen LogP contribution >= 0.6 is 0 Å². The Morgan fingerprint density at radius 2 is 2.10 bits per heavy atom. The summed E-state index contributed by atoms with van der Waals surface area (Å²) in [4.78, 5) is 0. The number of nitrogens with one attached hydrogen (secondary N) is 1. The lowest BCUT2D eigenvalue weighted by atomic mass is 10.0. The second kappa shape index (κ2) is 5.52. The van der Waals surface area contributed by atoms with Gasteiger partial charge in [-0.3, -0.25) is 0 Å². The van der Waals surface area contributed by atoms with E-state index >= 15 is 0 Å². The van der Waals surface area contributed by atoms with Crippen molar-refractivity contribution in [3.63, 3.8) is 0 Å². The summed E-state index contributed by atoms with van der Waals surface area (Å²) in [5.41, 5.74) is 3.25. The summed E-state index contributed by atoms with van der Waals surface area (Å²) in [6.07, 6.45) is 4.65. The molecule has 3 heteroatoms. The van der Waals surface area contributed by atoms with E-state index in [9.17, 15) is 0 Å². The van der Waals surface area contributed by atoms with Crippen LogP contribution < -0.4 is 5.32 Å². The highest BCUT2D eigenvalue weighted by molar-refractivity contribution is 5.29. The molecule has 0 aliphatic heterocycles. The number of hydrogen-bond donors (Lipinski definition) is 1. The molecule has 1 heterocycles. The fourth-order valence-corrected chi connectivity index (χ4v) is 2.72. The third kappa shape index (κ3) is 2.76. The van der Waals surface area contributed by atoms with Crippen LogP contribution in [0.15, 0.2) is 42.6 Å². The van der Waals surface area contributed by atoms with Crippen molar-refractivity contribution in [1.29, 1.82) is 5.26 Å². The van der Waals surface area contributed by atoms with Gasteiger partial charge in [-0.2, -0.15) is 5.26 Å². The van der Waals surface area contributed by atoms with Crippen LogP contribution in [0, 0.1) is 17.2 Å². The molecule has 1 saturated carbocycles. The molecule has 102 valence electrons. The van der Waals surface area contributed by atoms with Gasteiger partial charge in [0, 0.05) is 25.8 Å². The molecule has 0 radical (unpaired) electrons. The topological polar surface area (TPSA) is 40.8 Å². The van der Waals surface area contributed by atoms with Gasteiger partial charge in [0.15, 0.2) is 0 Å². The van der Waals surface area contributed by atoms with Crippen molar-refractivity contribution >= 4 is 0 Å². The molecule has 0 amide bonds. The molecule has 1 atom stereocenters. The second-order valence-electron chi connectivity index (χ2n) is 5.56. The quantitative estimate of drug-likeness (QED) is 0.902. The van der Waals surface area contributed by atoms with E-state index in [0.29, 0.717) is 11.7 Å². The van der Waals surface area contributed by atoms with Gasteiger partial charge in [-0.05, 0) is 36.0 Å². The van der Waals surface area contributed by atoms with E-state index in [2.05, 4.69) is 41.7 Å². The summed E-state index contributed by atoms with van der Waals surface area (Å²) in [6, 6.07) is 15.2. The number of nitrogens with zero attached hydrogens (tertiary/aromatic N) is 2. The number of nitriles is 1. The zero-order valence-electron chi connectivity index (χ0n) is 11.7. The zero-order chi connectivity index (χ0) is 13.9. The molecule has 1 unspecified atom stereocenters. The van der Waals surface area contributed by atoms with Gasteiger partial charge in [-0.15, -0.1) is 0 Å². The smallest absolute Gasteiger partial charge is 0.120 e. The number of rotatable bonds is 5. The first-order valence-electron chi connectivity index (χ1n) is 7.11. The van der Waals surface area contributed by atoms with Gasteiger partial charge in [0.05, 0.1) is 0 Å². The second-order valence-corrected chi connectivity index (χ2v) is 5.56. The molecule has 1 N–H and O–H groups in total. The van der Waals surface area contributed by atoms with E-state index in [1.54, 1.807) is 0 Å². The molecule has 1 aliphatic rings. The molecule has 0 spiro atoms. The summed E-state index contributed by atoms with van der Waals surface area (Å²) in [5, 5.41) is 12.7. The van der Waals surface area contributed by atoms with E-state index in [0.717, 1.165) is 12.5 Å². The summed E-state index contributed by atoms with van der Waals surface area (Å²) >= 11 is 0. The number of hydrogen-bond acceptors (Lipinski definition) is 2. The Bertz CT molecular complexity index is 617. The largest absolute Gasteiger partial charge is 0.342 e. The monoisotopic (exact) mass is 265 g/mol. The van der Waals surface area contributed by atoms with Crippen molar-refractivity contribution in [2.45, 2.75) is 25.4 Å². The van der Waals surface area contributed by atoms with Crippen LogP contribution in [0.1, 0.15) is 35.7 Å². The van der Waals surface area contributed by atoms with Crippen LogP contribution in [0.3, 0.4) is 0 Å². The SMILES string of the molecule is Cn1cc(CNC(c2ccccc2)C2CC2)cc1C#N. The summed E-state index contributed by atoms with van der Waals surface area (Å²) in [7, 11) is 1.91. The zero-order valence-corrected chi connectivity index (χ0v) is 11.7. The number of benzene rings is 1. The molecule has 0 saturated heterocycles. The van der Waals surface area contributed by atoms with Gasteiger partial charge in [0.2, 0.25) is 0 Å². The third-order valence-corrected chi connectivity index (χ3v) is 3.95. The average Bonchev–Trinajstić information content (AvgIpc) is 3.24. The molecule has 0 bridgehead atoms. The highest BCUT2D eigenvalue weighted by atomic mass is 15.0. The summed E-state index contributed by atoms with van der Waals surface area (Å²) in [6.45, 7) is 0.811. The van der Waals surface area contributed by atoms with Gasteiger partial charge in [-0.25, -0.2) is 0 Å².